The zero-order chi connectivity index (χ0) is 23.0. The second kappa shape index (κ2) is 11.2. The summed E-state index contributed by atoms with van der Waals surface area (Å²) in [6.07, 6.45) is 2.88. The van der Waals surface area contributed by atoms with Crippen molar-refractivity contribution in [3.05, 3.63) is 54.4 Å². The van der Waals surface area contributed by atoms with Crippen molar-refractivity contribution in [3.63, 3.8) is 0 Å². The lowest BCUT2D eigenvalue weighted by Crippen LogP contribution is -2.50. The molecule has 0 unspecified atom stereocenters. The summed E-state index contributed by atoms with van der Waals surface area (Å²) in [6, 6.07) is 5.45. The van der Waals surface area contributed by atoms with Crippen LogP contribution in [0.4, 0.5) is 10.1 Å². The van der Waals surface area contributed by atoms with Crippen LogP contribution in [0.1, 0.15) is 19.4 Å². The fraction of sp³-hybridized carbons (Fsp3) is 0.364. The number of alkyl halides is 1. The topological polar surface area (TPSA) is 109 Å². The van der Waals surface area contributed by atoms with E-state index >= 15 is 0 Å². The van der Waals surface area contributed by atoms with E-state index in [1.165, 1.54) is 4.90 Å². The van der Waals surface area contributed by atoms with Gasteiger partial charge in [0.15, 0.2) is 0 Å². The van der Waals surface area contributed by atoms with Crippen molar-refractivity contribution in [3.8, 4) is 5.75 Å². The van der Waals surface area contributed by atoms with E-state index in [1.807, 2.05) is 26.0 Å². The van der Waals surface area contributed by atoms with Crippen molar-refractivity contribution in [1.82, 2.24) is 9.80 Å². The molecular formula is C22H31FN6O2. The highest BCUT2D eigenvalue weighted by Crippen LogP contribution is 2.32. The number of anilines is 1. The first kappa shape index (κ1) is 23.9. The molecule has 1 saturated heterocycles. The number of aliphatic imine (C=N–C) groups is 1. The van der Waals surface area contributed by atoms with Crippen LogP contribution in [-0.2, 0) is 4.79 Å². The van der Waals surface area contributed by atoms with Gasteiger partial charge in [-0.15, -0.1) is 0 Å². The van der Waals surface area contributed by atoms with Gasteiger partial charge in [0.25, 0.3) is 0 Å². The first-order chi connectivity index (χ1) is 14.8. The summed E-state index contributed by atoms with van der Waals surface area (Å²) >= 11 is 0. The van der Waals surface area contributed by atoms with Crippen molar-refractivity contribution in [2.45, 2.75) is 20.0 Å². The molecule has 1 amide bonds. The van der Waals surface area contributed by atoms with Gasteiger partial charge >= 0.3 is 0 Å². The maximum absolute atomic E-state index is 12.6. The molecule has 0 spiro atoms. The van der Waals surface area contributed by atoms with Gasteiger partial charge in [-0.05, 0) is 49.3 Å². The Balaban J connectivity index is 2.27. The number of rotatable bonds is 10. The van der Waals surface area contributed by atoms with Gasteiger partial charge in [-0.25, -0.2) is 9.38 Å². The van der Waals surface area contributed by atoms with Gasteiger partial charge in [-0.3, -0.25) is 10.6 Å². The molecule has 31 heavy (non-hydrogen) atoms. The highest BCUT2D eigenvalue weighted by Gasteiger charge is 2.25. The van der Waals surface area contributed by atoms with Crippen molar-refractivity contribution < 1.29 is 13.9 Å². The quantitative estimate of drug-likeness (QED) is 0.173. The average Bonchev–Trinajstić information content (AvgIpc) is 2.74. The van der Waals surface area contributed by atoms with Gasteiger partial charge in [-0.1, -0.05) is 13.2 Å². The van der Waals surface area contributed by atoms with Gasteiger partial charge in [-0.2, -0.15) is 0 Å². The Morgan fingerprint density at radius 3 is 2.71 bits per heavy atom. The number of benzene rings is 1. The van der Waals surface area contributed by atoms with Crippen LogP contribution < -0.4 is 21.7 Å². The normalized spacial score (nSPS) is 15.0. The van der Waals surface area contributed by atoms with Crippen LogP contribution in [0.5, 0.6) is 5.75 Å². The minimum atomic E-state index is -0.566. The number of nitrogens with one attached hydrogen (secondary N) is 1. The number of piperazine rings is 1. The number of halogens is 1. The van der Waals surface area contributed by atoms with Crippen LogP contribution in [-0.4, -0.2) is 61.0 Å². The summed E-state index contributed by atoms with van der Waals surface area (Å²) in [4.78, 5) is 19.8. The molecule has 0 aromatic heterocycles. The first-order valence-corrected chi connectivity index (χ1v) is 10.0. The summed E-state index contributed by atoms with van der Waals surface area (Å²) in [5.74, 6) is 6.65. The SMILES string of the molecule is C=C(/C=C(\N=CN)N1CCN(CCF)C(=O)C1)C(=C)c1cc(OC(C)C)ccc1NN. The number of carbonyl (C=O) groups excluding carboxylic acids is 1. The van der Waals surface area contributed by atoms with Crippen LogP contribution in [0.3, 0.4) is 0 Å². The van der Waals surface area contributed by atoms with Crippen molar-refractivity contribution in [1.29, 1.82) is 0 Å². The lowest BCUT2D eigenvalue weighted by molar-refractivity contribution is -0.135. The van der Waals surface area contributed by atoms with Gasteiger partial charge < -0.3 is 25.7 Å². The number of nitrogen functional groups attached to an aromatic ring is 1. The molecule has 1 aliphatic heterocycles. The van der Waals surface area contributed by atoms with Crippen molar-refractivity contribution >= 4 is 23.5 Å². The van der Waals surface area contributed by atoms with Crippen molar-refractivity contribution in [2.24, 2.45) is 16.6 Å². The average molecular weight is 431 g/mol. The third-order valence-electron chi connectivity index (χ3n) is 4.74. The predicted octanol–water partition coefficient (Wildman–Crippen LogP) is 2.27. The molecule has 1 heterocycles. The van der Waals surface area contributed by atoms with E-state index in [-0.39, 0.29) is 25.1 Å². The number of nitrogens with two attached hydrogens (primary N) is 2. The summed E-state index contributed by atoms with van der Waals surface area (Å²) in [5, 5.41) is 0. The summed E-state index contributed by atoms with van der Waals surface area (Å²) in [5.41, 5.74) is 10.7. The molecule has 1 aromatic rings. The van der Waals surface area contributed by atoms with Crippen LogP contribution >= 0.6 is 0 Å². The number of hydrazine groups is 1. The number of hydrogen-bond donors (Lipinski definition) is 3. The van der Waals surface area contributed by atoms with E-state index in [2.05, 4.69) is 23.6 Å². The highest BCUT2D eigenvalue weighted by atomic mass is 19.1. The van der Waals surface area contributed by atoms with Crippen LogP contribution in [0.15, 0.2) is 53.8 Å². The summed E-state index contributed by atoms with van der Waals surface area (Å²) in [7, 11) is 0. The van der Waals surface area contributed by atoms with E-state index in [9.17, 15) is 9.18 Å². The van der Waals surface area contributed by atoms with E-state index in [0.717, 1.165) is 11.9 Å². The Kier molecular flexibility index (Phi) is 8.63. The summed E-state index contributed by atoms with van der Waals surface area (Å²) in [6.45, 7) is 12.7. The maximum atomic E-state index is 12.6. The van der Waals surface area contributed by atoms with E-state index < -0.39 is 6.67 Å². The molecule has 1 fully saturated rings. The second-order valence-electron chi connectivity index (χ2n) is 7.29. The van der Waals surface area contributed by atoms with Crippen LogP contribution in [0.25, 0.3) is 5.57 Å². The molecule has 1 aliphatic rings. The van der Waals surface area contributed by atoms with Crippen LogP contribution in [0.2, 0.25) is 0 Å². The molecule has 0 aliphatic carbocycles. The lowest BCUT2D eigenvalue weighted by atomic mass is 9.98. The largest absolute Gasteiger partial charge is 0.491 e. The van der Waals surface area contributed by atoms with Gasteiger partial charge in [0.2, 0.25) is 5.91 Å². The molecule has 1 aromatic carbocycles. The molecule has 8 nitrogen and oxygen atoms in total. The number of allylic oxidation sites excluding steroid dienone is 3. The number of ether oxygens (including phenoxy) is 1. The Morgan fingerprint density at radius 2 is 2.13 bits per heavy atom. The molecule has 168 valence electrons. The van der Waals surface area contributed by atoms with Gasteiger partial charge in [0.05, 0.1) is 24.7 Å². The van der Waals surface area contributed by atoms with Crippen LogP contribution in [0, 0.1) is 0 Å². The Morgan fingerprint density at radius 1 is 1.39 bits per heavy atom. The number of hydrogen-bond acceptors (Lipinski definition) is 6. The van der Waals surface area contributed by atoms with Crippen molar-refractivity contribution in [2.75, 3.05) is 38.3 Å². The molecule has 0 saturated carbocycles. The number of amides is 1. The van der Waals surface area contributed by atoms with E-state index in [4.69, 9.17) is 16.3 Å². The van der Waals surface area contributed by atoms with E-state index in [0.29, 0.717) is 41.5 Å². The smallest absolute Gasteiger partial charge is 0.242 e. The minimum absolute atomic E-state index is 0.0139. The monoisotopic (exact) mass is 430 g/mol. The lowest BCUT2D eigenvalue weighted by Gasteiger charge is -2.35. The fourth-order valence-electron chi connectivity index (χ4n) is 3.19. The molecule has 9 heteroatoms. The molecular weight excluding hydrogens is 399 g/mol. The van der Waals surface area contributed by atoms with Gasteiger partial charge in [0.1, 0.15) is 18.2 Å². The second-order valence-corrected chi connectivity index (χ2v) is 7.29. The first-order valence-electron chi connectivity index (χ1n) is 10.0. The zero-order valence-electron chi connectivity index (χ0n) is 18.1. The zero-order valence-corrected chi connectivity index (χ0v) is 18.1. The molecule has 0 radical (unpaired) electrons. The fourth-order valence-corrected chi connectivity index (χ4v) is 3.19. The molecule has 5 N–H and O–H groups in total. The maximum Gasteiger partial charge on any atom is 0.242 e. The Bertz CT molecular complexity index is 881. The number of carbonyl (C=O) groups is 1. The predicted molar refractivity (Wildman–Crippen MR) is 123 cm³/mol. The Hall–Kier alpha value is -3.33. The third kappa shape index (κ3) is 6.32. The molecule has 2 rings (SSSR count). The molecule has 0 atom stereocenters. The van der Waals surface area contributed by atoms with Gasteiger partial charge in [0, 0.05) is 25.2 Å². The Labute approximate surface area is 182 Å². The standard InChI is InChI=1S/C22H31FN6O2/c1-15(2)31-18-5-6-20(27-25)19(12-18)17(4)16(3)11-21(26-14-24)29-10-9-28(8-7-23)22(30)13-29/h5-6,11-12,14-15,27H,3-4,7-10,13,25H2,1-2H3,(H2,24,26)/b21-11+. The van der Waals surface area contributed by atoms with E-state index in [1.54, 1.807) is 17.0 Å². The molecule has 0 bridgehead atoms. The minimum Gasteiger partial charge on any atom is -0.491 e. The third-order valence-corrected chi connectivity index (χ3v) is 4.74. The summed E-state index contributed by atoms with van der Waals surface area (Å²) < 4.78 is 18.4. The number of nitrogens with zero attached hydrogens (tertiary/aromatic N) is 3. The highest BCUT2D eigenvalue weighted by molar-refractivity contribution is 5.86.